The summed E-state index contributed by atoms with van der Waals surface area (Å²) < 4.78 is 5.43. The number of hydrogen-bond donors (Lipinski definition) is 3. The van der Waals surface area contributed by atoms with Gasteiger partial charge in [-0.05, 0) is 30.7 Å². The van der Waals surface area contributed by atoms with Gasteiger partial charge in [-0.3, -0.25) is 10.0 Å². The molecule has 7 heteroatoms. The van der Waals surface area contributed by atoms with Crippen LogP contribution >= 0.6 is 0 Å². The molecule has 0 aromatic heterocycles. The Labute approximate surface area is 122 Å². The van der Waals surface area contributed by atoms with Gasteiger partial charge in [0.25, 0.3) is 5.91 Å². The minimum Gasteiger partial charge on any atom is -0.489 e. The van der Waals surface area contributed by atoms with E-state index in [0.29, 0.717) is 17.4 Å². The zero-order valence-corrected chi connectivity index (χ0v) is 11.8. The molecule has 0 aliphatic rings. The number of hydrogen-bond acceptors (Lipinski definition) is 4. The third kappa shape index (κ3) is 5.96. The number of carbonyl (C=O) groups is 2. The first kappa shape index (κ1) is 16.5. The average Bonchev–Trinajstić information content (AvgIpc) is 2.44. The largest absolute Gasteiger partial charge is 0.489 e. The van der Waals surface area contributed by atoms with Gasteiger partial charge in [-0.2, -0.15) is 0 Å². The summed E-state index contributed by atoms with van der Waals surface area (Å²) in [5, 5.41) is 12.4. The van der Waals surface area contributed by atoms with E-state index in [0.717, 1.165) is 5.57 Å². The Hall–Kier alpha value is -2.54. The number of ether oxygens (including phenoxy) is 1. The quantitative estimate of drug-likeness (QED) is 0.398. The van der Waals surface area contributed by atoms with Crippen molar-refractivity contribution in [1.82, 2.24) is 10.4 Å². The molecule has 0 saturated heterocycles. The van der Waals surface area contributed by atoms with E-state index in [1.54, 1.807) is 18.2 Å². The Morgan fingerprint density at radius 1 is 1.48 bits per heavy atom. The molecule has 0 spiro atoms. The van der Waals surface area contributed by atoms with Crippen molar-refractivity contribution in [1.29, 1.82) is 0 Å². The predicted molar refractivity (Wildman–Crippen MR) is 77.2 cm³/mol. The molecule has 0 fully saturated rings. The van der Waals surface area contributed by atoms with Crippen LogP contribution in [0.2, 0.25) is 0 Å². The van der Waals surface area contributed by atoms with Gasteiger partial charge in [0, 0.05) is 12.1 Å². The van der Waals surface area contributed by atoms with Gasteiger partial charge in [-0.15, -0.1) is 0 Å². The Morgan fingerprint density at radius 3 is 2.81 bits per heavy atom. The second kappa shape index (κ2) is 7.91. The first-order valence-electron chi connectivity index (χ1n) is 6.31. The van der Waals surface area contributed by atoms with Gasteiger partial charge in [-0.1, -0.05) is 12.6 Å². The van der Waals surface area contributed by atoms with E-state index in [2.05, 4.69) is 11.9 Å². The van der Waals surface area contributed by atoms with Crippen molar-refractivity contribution in [3.63, 3.8) is 0 Å². The second-order valence-electron chi connectivity index (χ2n) is 4.49. The lowest BCUT2D eigenvalue weighted by atomic mass is 10.2. The van der Waals surface area contributed by atoms with Crippen LogP contribution in [0.1, 0.15) is 17.3 Å². The van der Waals surface area contributed by atoms with Crippen molar-refractivity contribution < 1.29 is 19.5 Å². The number of amides is 3. The SMILES string of the molecule is C=C(C)COc1cccc(C(=O)N(O)CCNC(N)=O)c1. The lowest BCUT2D eigenvalue weighted by Crippen LogP contribution is -2.38. The molecule has 0 aliphatic carbocycles. The van der Waals surface area contributed by atoms with Crippen molar-refractivity contribution >= 4 is 11.9 Å². The van der Waals surface area contributed by atoms with Gasteiger partial charge in [-0.25, -0.2) is 9.86 Å². The summed E-state index contributed by atoms with van der Waals surface area (Å²) in [6.45, 7) is 5.89. The number of benzene rings is 1. The van der Waals surface area contributed by atoms with Crippen LogP contribution < -0.4 is 15.8 Å². The number of urea groups is 1. The minimum atomic E-state index is -0.717. The van der Waals surface area contributed by atoms with Gasteiger partial charge in [0.1, 0.15) is 12.4 Å². The molecule has 0 radical (unpaired) electrons. The van der Waals surface area contributed by atoms with E-state index < -0.39 is 11.9 Å². The molecule has 1 aromatic rings. The van der Waals surface area contributed by atoms with Crippen LogP contribution in [0.3, 0.4) is 0 Å². The van der Waals surface area contributed by atoms with Crippen molar-refractivity contribution in [2.24, 2.45) is 5.73 Å². The van der Waals surface area contributed by atoms with E-state index in [9.17, 15) is 14.8 Å². The van der Waals surface area contributed by atoms with Crippen LogP contribution in [0.5, 0.6) is 5.75 Å². The van der Waals surface area contributed by atoms with E-state index >= 15 is 0 Å². The molecule has 114 valence electrons. The summed E-state index contributed by atoms with van der Waals surface area (Å²) in [6.07, 6.45) is 0. The first-order valence-corrected chi connectivity index (χ1v) is 6.31. The highest BCUT2D eigenvalue weighted by Crippen LogP contribution is 2.15. The van der Waals surface area contributed by atoms with Crippen LogP contribution in [-0.4, -0.2) is 41.9 Å². The fourth-order valence-corrected chi connectivity index (χ4v) is 1.46. The van der Waals surface area contributed by atoms with Crippen LogP contribution in [0.4, 0.5) is 4.79 Å². The summed E-state index contributed by atoms with van der Waals surface area (Å²) in [4.78, 5) is 22.5. The van der Waals surface area contributed by atoms with E-state index in [1.807, 2.05) is 6.92 Å². The van der Waals surface area contributed by atoms with Gasteiger partial charge in [0.2, 0.25) is 0 Å². The van der Waals surface area contributed by atoms with Crippen LogP contribution in [0.25, 0.3) is 0 Å². The van der Waals surface area contributed by atoms with Crippen molar-refractivity contribution in [2.75, 3.05) is 19.7 Å². The maximum Gasteiger partial charge on any atom is 0.312 e. The number of primary amides is 1. The third-order valence-corrected chi connectivity index (χ3v) is 2.42. The van der Waals surface area contributed by atoms with Crippen molar-refractivity contribution in [3.05, 3.63) is 42.0 Å². The maximum absolute atomic E-state index is 12.0. The van der Waals surface area contributed by atoms with Gasteiger partial charge in [0.15, 0.2) is 0 Å². The van der Waals surface area contributed by atoms with Gasteiger partial charge < -0.3 is 15.8 Å². The Bertz CT molecular complexity index is 531. The molecule has 0 unspecified atom stereocenters. The number of nitrogens with one attached hydrogen (secondary N) is 1. The molecule has 7 nitrogen and oxygen atoms in total. The normalized spacial score (nSPS) is 9.81. The first-order chi connectivity index (χ1) is 9.90. The zero-order chi connectivity index (χ0) is 15.8. The standard InChI is InChI=1S/C14H19N3O4/c1-10(2)9-21-12-5-3-4-11(8-12)13(18)17(20)7-6-16-14(15)19/h3-5,8,20H,1,6-7,9H2,2H3,(H3,15,16,19). The topological polar surface area (TPSA) is 105 Å². The molecule has 1 rings (SSSR count). The summed E-state index contributed by atoms with van der Waals surface area (Å²) in [5.41, 5.74) is 6.01. The molecular weight excluding hydrogens is 274 g/mol. The van der Waals surface area contributed by atoms with Crippen LogP contribution in [-0.2, 0) is 0 Å². The molecule has 3 amide bonds. The smallest absolute Gasteiger partial charge is 0.312 e. The molecule has 0 atom stereocenters. The summed E-state index contributed by atoms with van der Waals surface area (Å²) >= 11 is 0. The number of nitrogens with zero attached hydrogens (tertiary/aromatic N) is 1. The molecule has 0 bridgehead atoms. The van der Waals surface area contributed by atoms with Crippen molar-refractivity contribution in [3.8, 4) is 5.75 Å². The Balaban J connectivity index is 2.62. The molecule has 21 heavy (non-hydrogen) atoms. The van der Waals surface area contributed by atoms with E-state index in [4.69, 9.17) is 10.5 Å². The molecule has 0 aliphatic heterocycles. The molecule has 4 N–H and O–H groups in total. The second-order valence-corrected chi connectivity index (χ2v) is 4.49. The van der Waals surface area contributed by atoms with Crippen molar-refractivity contribution in [2.45, 2.75) is 6.92 Å². The Kier molecular flexibility index (Phi) is 6.22. The summed E-state index contributed by atoms with van der Waals surface area (Å²) in [7, 11) is 0. The molecule has 1 aromatic carbocycles. The average molecular weight is 293 g/mol. The van der Waals surface area contributed by atoms with Gasteiger partial charge in [0.05, 0.1) is 6.54 Å². The summed E-state index contributed by atoms with van der Waals surface area (Å²) in [5.74, 6) is -0.0884. The fraction of sp³-hybridized carbons (Fsp3) is 0.286. The fourth-order valence-electron chi connectivity index (χ4n) is 1.46. The zero-order valence-electron chi connectivity index (χ0n) is 11.8. The minimum absolute atomic E-state index is 0.0590. The predicted octanol–water partition coefficient (Wildman–Crippen LogP) is 1.14. The monoisotopic (exact) mass is 293 g/mol. The number of hydroxylamine groups is 2. The summed E-state index contributed by atoms with van der Waals surface area (Å²) in [6, 6.07) is 5.72. The third-order valence-electron chi connectivity index (χ3n) is 2.42. The number of rotatable bonds is 7. The van der Waals surface area contributed by atoms with Crippen LogP contribution in [0, 0.1) is 0 Å². The number of carbonyl (C=O) groups excluding carboxylic acids is 2. The van der Waals surface area contributed by atoms with E-state index in [-0.39, 0.29) is 18.7 Å². The maximum atomic E-state index is 12.0. The van der Waals surface area contributed by atoms with Crippen LogP contribution in [0.15, 0.2) is 36.4 Å². The number of nitrogens with two attached hydrogens (primary N) is 1. The van der Waals surface area contributed by atoms with Gasteiger partial charge >= 0.3 is 6.03 Å². The Morgan fingerprint density at radius 2 is 2.19 bits per heavy atom. The highest BCUT2D eigenvalue weighted by atomic mass is 16.5. The highest BCUT2D eigenvalue weighted by molar-refractivity contribution is 5.93. The van der Waals surface area contributed by atoms with E-state index in [1.165, 1.54) is 6.07 Å². The highest BCUT2D eigenvalue weighted by Gasteiger charge is 2.14. The lowest BCUT2D eigenvalue weighted by molar-refractivity contribution is -0.0564. The lowest BCUT2D eigenvalue weighted by Gasteiger charge is -2.15. The molecular formula is C14H19N3O4. The molecule has 0 saturated carbocycles. The molecule has 0 heterocycles.